The van der Waals surface area contributed by atoms with Crippen molar-refractivity contribution in [3.8, 4) is 0 Å². The Morgan fingerprint density at radius 2 is 1.88 bits per heavy atom. The van der Waals surface area contributed by atoms with Gasteiger partial charge in [-0.1, -0.05) is 0 Å². The second-order valence-electron chi connectivity index (χ2n) is 2.41. The molecule has 0 aliphatic heterocycles. The molecule has 1 aliphatic rings. The third-order valence-electron chi connectivity index (χ3n) is 1.68. The Kier molecular flexibility index (Phi) is 2.54. The summed E-state index contributed by atoms with van der Waals surface area (Å²) in [6, 6.07) is 0. The van der Waals surface area contributed by atoms with E-state index in [2.05, 4.69) is 0 Å². The van der Waals surface area contributed by atoms with E-state index in [1.54, 1.807) is 0 Å². The Balaban J connectivity index is 2.39. The summed E-state index contributed by atoms with van der Waals surface area (Å²) < 4.78 is 1.22. The van der Waals surface area contributed by atoms with Crippen molar-refractivity contribution in [3.63, 3.8) is 0 Å². The number of hydrogen-bond acceptors (Lipinski definition) is 1. The number of carbonyl (C=O) groups is 1. The van der Waals surface area contributed by atoms with E-state index in [1.807, 2.05) is 0 Å². The van der Waals surface area contributed by atoms with E-state index in [0.717, 1.165) is 47.2 Å². The van der Waals surface area contributed by atoms with Gasteiger partial charge in [0.15, 0.2) is 0 Å². The molecule has 1 radical (unpaired) electrons. The molecule has 2 heteroatoms. The molecule has 1 fully saturated rings. The van der Waals surface area contributed by atoms with Gasteiger partial charge in [-0.25, -0.2) is 0 Å². The molecule has 1 aliphatic carbocycles. The molecule has 0 unspecified atom stereocenters. The zero-order chi connectivity index (χ0) is 5.98. The van der Waals surface area contributed by atoms with Gasteiger partial charge in [0.25, 0.3) is 0 Å². The van der Waals surface area contributed by atoms with Crippen LogP contribution in [0.2, 0.25) is 0 Å². The van der Waals surface area contributed by atoms with Gasteiger partial charge in [0.1, 0.15) is 0 Å². The van der Waals surface area contributed by atoms with Crippen molar-refractivity contribution in [3.05, 3.63) is 3.17 Å². The molecule has 0 N–H and O–H groups in total. The van der Waals surface area contributed by atoms with Gasteiger partial charge >= 0.3 is 67.4 Å². The summed E-state index contributed by atoms with van der Waals surface area (Å²) in [6.45, 7) is 0. The van der Waals surface area contributed by atoms with Crippen LogP contribution in [0, 0.1) is 3.17 Å². The molecule has 1 saturated carbocycles. The van der Waals surface area contributed by atoms with Crippen LogP contribution < -0.4 is 0 Å². The topological polar surface area (TPSA) is 17.1 Å². The van der Waals surface area contributed by atoms with Crippen LogP contribution in [0.25, 0.3) is 0 Å². The number of ketones is 1. The molecule has 0 aromatic carbocycles. The van der Waals surface area contributed by atoms with E-state index >= 15 is 0 Å². The van der Waals surface area contributed by atoms with Gasteiger partial charge in [0.05, 0.1) is 0 Å². The molecule has 0 spiro atoms. The van der Waals surface area contributed by atoms with Gasteiger partial charge in [-0.15, -0.1) is 0 Å². The molecular weight excluding hydrogens is 111 g/mol. The fourth-order valence-electron chi connectivity index (χ4n) is 1.03. The first-order chi connectivity index (χ1) is 3.80. The number of carbonyl (C=O) groups excluding carboxylic acids is 1. The second kappa shape index (κ2) is 3.00. The summed E-state index contributed by atoms with van der Waals surface area (Å²) in [5, 5.41) is 0. The van der Waals surface area contributed by atoms with Crippen molar-refractivity contribution >= 4 is 33.7 Å². The van der Waals surface area contributed by atoms with E-state index < -0.39 is 0 Å². The number of rotatable bonds is 0. The van der Waals surface area contributed by atoms with Gasteiger partial charge in [-0.3, -0.25) is 0 Å². The van der Waals surface area contributed by atoms with Crippen molar-refractivity contribution in [2.45, 2.75) is 25.7 Å². The van der Waals surface area contributed by atoms with E-state index in [1.165, 1.54) is 9.59 Å². The van der Waals surface area contributed by atoms with Crippen molar-refractivity contribution in [2.24, 2.45) is 0 Å². The van der Waals surface area contributed by atoms with Crippen molar-refractivity contribution in [2.75, 3.05) is 0 Å². The van der Waals surface area contributed by atoms with Crippen LogP contribution in [0.3, 0.4) is 0 Å². The Bertz CT molecular complexity index is 101. The molecule has 39 valence electrons. The Morgan fingerprint density at radius 3 is 2.25 bits per heavy atom. The predicted molar refractivity (Wildman–Crippen MR) is 32.5 cm³/mol. The Morgan fingerprint density at radius 1 is 1.25 bits per heavy atom. The zero-order valence-corrected chi connectivity index (χ0v) is 7.24. The van der Waals surface area contributed by atoms with Crippen molar-refractivity contribution < 1.29 is 4.79 Å². The van der Waals surface area contributed by atoms with Crippen LogP contribution in [0.5, 0.6) is 0 Å². The minimum absolute atomic E-state index is 0.447. The molecule has 8 heavy (non-hydrogen) atoms. The molecule has 0 saturated heterocycles. The number of Topliss-reactive ketones (excluding diaryl/α,β-unsaturated/α-hetero) is 1. The molecule has 0 aromatic heterocycles. The summed E-state index contributed by atoms with van der Waals surface area (Å²) in [7, 11) is 0. The van der Waals surface area contributed by atoms with Crippen LogP contribution in [0.15, 0.2) is 0 Å². The van der Waals surface area contributed by atoms with Crippen LogP contribution >= 0.6 is 0 Å². The summed E-state index contributed by atoms with van der Waals surface area (Å²) in [5.41, 5.74) is 0. The van der Waals surface area contributed by atoms with Gasteiger partial charge in [-0.05, 0) is 0 Å². The monoisotopic (exact) mass is 119 g/mol. The van der Waals surface area contributed by atoms with E-state index in [0.29, 0.717) is 5.78 Å². The third kappa shape index (κ3) is 1.57. The first-order valence-corrected chi connectivity index (χ1v) is 4.16. The van der Waals surface area contributed by atoms with E-state index in [-0.39, 0.29) is 0 Å². The van der Waals surface area contributed by atoms with E-state index in [4.69, 9.17) is 0 Å². The predicted octanol–water partition coefficient (Wildman–Crippen LogP) is 0.830. The fourth-order valence-corrected chi connectivity index (χ4v) is 1.63. The maximum absolute atomic E-state index is 10.8. The first kappa shape index (κ1) is 6.79. The molecule has 0 heterocycles. The van der Waals surface area contributed by atoms with Crippen LogP contribution in [-0.2, 0) is 4.79 Å². The average molecular weight is 119 g/mol. The average Bonchev–Trinajstić information content (AvgIpc) is 1.77. The SMILES string of the molecule is O=C1CCCC[C]1[Na]. The van der Waals surface area contributed by atoms with E-state index in [9.17, 15) is 4.79 Å². The third-order valence-corrected chi connectivity index (χ3v) is 2.74. The zero-order valence-electron chi connectivity index (χ0n) is 5.24. The Labute approximate surface area is 67.3 Å². The van der Waals surface area contributed by atoms with Crippen LogP contribution in [0.1, 0.15) is 25.7 Å². The fraction of sp³-hybridized carbons (Fsp3) is 0.667. The van der Waals surface area contributed by atoms with Crippen LogP contribution in [-0.4, -0.2) is 33.7 Å². The first-order valence-electron chi connectivity index (χ1n) is 3.16. The quantitative estimate of drug-likeness (QED) is 0.431. The van der Waals surface area contributed by atoms with Gasteiger partial charge < -0.3 is 0 Å². The van der Waals surface area contributed by atoms with Crippen molar-refractivity contribution in [1.29, 1.82) is 0 Å². The molecule has 0 atom stereocenters. The normalized spacial score (nSPS) is 24.0. The van der Waals surface area contributed by atoms with Gasteiger partial charge in [0.2, 0.25) is 0 Å². The summed E-state index contributed by atoms with van der Waals surface area (Å²) in [6.07, 6.45) is 4.32. The molecule has 0 aromatic rings. The standard InChI is InChI=1S/C6H8O.Na/c7-6-4-2-1-3-5-6;/h1-4H2;. The summed E-state index contributed by atoms with van der Waals surface area (Å²) in [5.74, 6) is 0.447. The van der Waals surface area contributed by atoms with Crippen LogP contribution in [0.4, 0.5) is 0 Å². The van der Waals surface area contributed by atoms with Crippen molar-refractivity contribution in [1.82, 2.24) is 0 Å². The number of hydrogen-bond donors (Lipinski definition) is 0. The molecule has 1 nitrogen and oxygen atoms in total. The minimum atomic E-state index is 0.447. The summed E-state index contributed by atoms with van der Waals surface area (Å²) >= 11 is 1.00. The summed E-state index contributed by atoms with van der Waals surface area (Å²) in [4.78, 5) is 10.8. The molecular formula is C6H8NaO. The molecule has 0 amide bonds. The van der Waals surface area contributed by atoms with Gasteiger partial charge in [-0.2, -0.15) is 0 Å². The molecule has 1 rings (SSSR count). The Hall–Kier alpha value is 0.670. The molecule has 0 bridgehead atoms. The second-order valence-corrected chi connectivity index (χ2v) is 3.62. The maximum atomic E-state index is 10.8. The van der Waals surface area contributed by atoms with Gasteiger partial charge in [0, 0.05) is 0 Å².